The quantitative estimate of drug-likeness (QED) is 0.826. The Morgan fingerprint density at radius 1 is 1.37 bits per heavy atom. The van der Waals surface area contributed by atoms with Crippen molar-refractivity contribution in [1.82, 2.24) is 5.32 Å². The largest absolute Gasteiger partial charge is 0.393 e. The Hall–Kier alpha value is -1.06. The summed E-state index contributed by atoms with van der Waals surface area (Å²) in [5.74, 6) is 0.654. The van der Waals surface area contributed by atoms with Gasteiger partial charge in [0.2, 0.25) is 0 Å². The highest BCUT2D eigenvalue weighted by molar-refractivity contribution is 5.54. The first-order valence-electron chi connectivity index (χ1n) is 7.29. The van der Waals surface area contributed by atoms with Crippen molar-refractivity contribution in [1.29, 1.82) is 0 Å². The normalized spacial score (nSPS) is 22.1. The first kappa shape index (κ1) is 14.4. The zero-order valence-corrected chi connectivity index (χ0v) is 12.3. The van der Waals surface area contributed by atoms with Crippen LogP contribution in [0, 0.1) is 12.8 Å². The predicted molar refractivity (Wildman–Crippen MR) is 80.6 cm³/mol. The van der Waals surface area contributed by atoms with Crippen molar-refractivity contribution in [3.63, 3.8) is 0 Å². The molecule has 0 spiro atoms. The number of nitrogens with one attached hydrogen (secondary N) is 1. The molecule has 1 aliphatic rings. The number of anilines is 1. The predicted octanol–water partition coefficient (Wildman–Crippen LogP) is 2.31. The standard InChI is InChI=1S/C16H26N2O/c1-4-17-10-13-5-6-16(12(2)7-13)18(3)11-14-8-15(19)9-14/h5-7,14-15,17,19H,4,8-11H2,1-3H3. The second kappa shape index (κ2) is 6.40. The Morgan fingerprint density at radius 3 is 2.68 bits per heavy atom. The van der Waals surface area contributed by atoms with Gasteiger partial charge in [0.05, 0.1) is 6.10 Å². The molecule has 0 bridgehead atoms. The Labute approximate surface area is 116 Å². The van der Waals surface area contributed by atoms with E-state index in [9.17, 15) is 5.11 Å². The molecule has 3 heteroatoms. The van der Waals surface area contributed by atoms with E-state index in [-0.39, 0.29) is 6.10 Å². The molecule has 106 valence electrons. The molecule has 0 unspecified atom stereocenters. The Kier molecular flexibility index (Phi) is 4.83. The van der Waals surface area contributed by atoms with E-state index in [1.54, 1.807) is 0 Å². The summed E-state index contributed by atoms with van der Waals surface area (Å²) in [4.78, 5) is 2.32. The molecule has 0 amide bonds. The first-order valence-corrected chi connectivity index (χ1v) is 7.29. The van der Waals surface area contributed by atoms with Crippen molar-refractivity contribution < 1.29 is 5.11 Å². The maximum absolute atomic E-state index is 9.35. The number of aliphatic hydroxyl groups excluding tert-OH is 1. The van der Waals surface area contributed by atoms with E-state index in [1.165, 1.54) is 16.8 Å². The topological polar surface area (TPSA) is 35.5 Å². The van der Waals surface area contributed by atoms with Gasteiger partial charge in [-0.25, -0.2) is 0 Å². The minimum Gasteiger partial charge on any atom is -0.393 e. The van der Waals surface area contributed by atoms with Gasteiger partial charge < -0.3 is 15.3 Å². The van der Waals surface area contributed by atoms with E-state index in [1.807, 2.05) is 0 Å². The van der Waals surface area contributed by atoms with E-state index in [2.05, 4.69) is 49.3 Å². The van der Waals surface area contributed by atoms with Crippen molar-refractivity contribution in [2.24, 2.45) is 5.92 Å². The summed E-state index contributed by atoms with van der Waals surface area (Å²) in [7, 11) is 2.15. The molecule has 19 heavy (non-hydrogen) atoms. The van der Waals surface area contributed by atoms with Crippen molar-refractivity contribution in [2.75, 3.05) is 25.0 Å². The first-order chi connectivity index (χ1) is 9.10. The number of rotatable bonds is 6. The summed E-state index contributed by atoms with van der Waals surface area (Å²) in [6.07, 6.45) is 1.87. The highest BCUT2D eigenvalue weighted by Gasteiger charge is 2.28. The summed E-state index contributed by atoms with van der Waals surface area (Å²) in [6.45, 7) is 7.30. The molecule has 0 saturated heterocycles. The molecule has 2 rings (SSSR count). The highest BCUT2D eigenvalue weighted by atomic mass is 16.3. The highest BCUT2D eigenvalue weighted by Crippen LogP contribution is 2.30. The fraction of sp³-hybridized carbons (Fsp3) is 0.625. The van der Waals surface area contributed by atoms with Crippen LogP contribution in [0.5, 0.6) is 0 Å². The lowest BCUT2D eigenvalue weighted by atomic mass is 9.82. The lowest BCUT2D eigenvalue weighted by molar-refractivity contribution is 0.0465. The molecule has 1 fully saturated rings. The van der Waals surface area contributed by atoms with Gasteiger partial charge in [0.25, 0.3) is 0 Å². The monoisotopic (exact) mass is 262 g/mol. The Morgan fingerprint density at radius 2 is 2.11 bits per heavy atom. The van der Waals surface area contributed by atoms with E-state index in [0.717, 1.165) is 32.5 Å². The van der Waals surface area contributed by atoms with E-state index in [0.29, 0.717) is 5.92 Å². The molecule has 3 nitrogen and oxygen atoms in total. The average molecular weight is 262 g/mol. The van der Waals surface area contributed by atoms with Crippen LogP contribution >= 0.6 is 0 Å². The van der Waals surface area contributed by atoms with Gasteiger partial charge in [-0.05, 0) is 49.4 Å². The van der Waals surface area contributed by atoms with E-state index < -0.39 is 0 Å². The molecular weight excluding hydrogens is 236 g/mol. The molecule has 2 N–H and O–H groups in total. The molecule has 1 aromatic rings. The minimum atomic E-state index is -0.0537. The smallest absolute Gasteiger partial charge is 0.0546 e. The second-order valence-electron chi connectivity index (χ2n) is 5.77. The molecule has 1 aliphatic carbocycles. The zero-order chi connectivity index (χ0) is 13.8. The molecule has 0 atom stereocenters. The molecule has 0 radical (unpaired) electrons. The van der Waals surface area contributed by atoms with Gasteiger partial charge in [0, 0.05) is 25.8 Å². The van der Waals surface area contributed by atoms with Gasteiger partial charge in [-0.15, -0.1) is 0 Å². The summed E-state index contributed by atoms with van der Waals surface area (Å²) < 4.78 is 0. The third-order valence-corrected chi connectivity index (χ3v) is 3.99. The number of nitrogens with zero attached hydrogens (tertiary/aromatic N) is 1. The molecule has 0 aromatic heterocycles. The van der Waals surface area contributed by atoms with Crippen LogP contribution in [0.15, 0.2) is 18.2 Å². The van der Waals surface area contributed by atoms with Gasteiger partial charge in [0.15, 0.2) is 0 Å². The van der Waals surface area contributed by atoms with Crippen LogP contribution in [-0.2, 0) is 6.54 Å². The number of benzene rings is 1. The fourth-order valence-corrected chi connectivity index (χ4v) is 2.86. The third kappa shape index (κ3) is 3.71. The second-order valence-corrected chi connectivity index (χ2v) is 5.77. The average Bonchev–Trinajstić information content (AvgIpc) is 2.34. The van der Waals surface area contributed by atoms with Crippen LogP contribution in [0.2, 0.25) is 0 Å². The van der Waals surface area contributed by atoms with Crippen LogP contribution in [0.1, 0.15) is 30.9 Å². The summed E-state index contributed by atoms with van der Waals surface area (Å²) >= 11 is 0. The molecule has 0 aliphatic heterocycles. The number of hydrogen-bond donors (Lipinski definition) is 2. The number of aryl methyl sites for hydroxylation is 1. The lowest BCUT2D eigenvalue weighted by Gasteiger charge is -2.35. The van der Waals surface area contributed by atoms with Crippen LogP contribution in [0.25, 0.3) is 0 Å². The van der Waals surface area contributed by atoms with Gasteiger partial charge >= 0.3 is 0 Å². The molecular formula is C16H26N2O. The summed E-state index contributed by atoms with van der Waals surface area (Å²) in [5, 5.41) is 12.7. The van der Waals surface area contributed by atoms with Crippen LogP contribution in [0.4, 0.5) is 5.69 Å². The fourth-order valence-electron chi connectivity index (χ4n) is 2.86. The Bertz CT molecular complexity index is 413. The van der Waals surface area contributed by atoms with Crippen LogP contribution < -0.4 is 10.2 Å². The van der Waals surface area contributed by atoms with Crippen molar-refractivity contribution >= 4 is 5.69 Å². The van der Waals surface area contributed by atoms with Gasteiger partial charge in [-0.1, -0.05) is 19.1 Å². The van der Waals surface area contributed by atoms with Crippen LogP contribution in [-0.4, -0.2) is 31.3 Å². The third-order valence-electron chi connectivity index (χ3n) is 3.99. The van der Waals surface area contributed by atoms with Crippen LogP contribution in [0.3, 0.4) is 0 Å². The van der Waals surface area contributed by atoms with Gasteiger partial charge in [-0.3, -0.25) is 0 Å². The van der Waals surface area contributed by atoms with E-state index in [4.69, 9.17) is 0 Å². The van der Waals surface area contributed by atoms with E-state index >= 15 is 0 Å². The Balaban J connectivity index is 1.95. The lowest BCUT2D eigenvalue weighted by Crippen LogP contribution is -2.37. The SMILES string of the molecule is CCNCc1ccc(N(C)CC2CC(O)C2)c(C)c1. The minimum absolute atomic E-state index is 0.0537. The van der Waals surface area contributed by atoms with Crippen molar-refractivity contribution in [3.8, 4) is 0 Å². The maximum Gasteiger partial charge on any atom is 0.0546 e. The number of hydrogen-bond acceptors (Lipinski definition) is 3. The van der Waals surface area contributed by atoms with Gasteiger partial charge in [0.1, 0.15) is 0 Å². The molecule has 1 aromatic carbocycles. The summed E-state index contributed by atoms with van der Waals surface area (Å²) in [6, 6.07) is 6.69. The maximum atomic E-state index is 9.35. The molecule has 1 saturated carbocycles. The molecule has 0 heterocycles. The van der Waals surface area contributed by atoms with Crippen molar-refractivity contribution in [2.45, 2.75) is 39.3 Å². The zero-order valence-electron chi connectivity index (χ0n) is 12.3. The summed E-state index contributed by atoms with van der Waals surface area (Å²) in [5.41, 5.74) is 3.98. The number of aliphatic hydroxyl groups is 1. The van der Waals surface area contributed by atoms with Crippen molar-refractivity contribution in [3.05, 3.63) is 29.3 Å². The van der Waals surface area contributed by atoms with Gasteiger partial charge in [-0.2, -0.15) is 0 Å².